The lowest BCUT2D eigenvalue weighted by molar-refractivity contribution is 0.284. The van der Waals surface area contributed by atoms with Gasteiger partial charge in [-0.2, -0.15) is 0 Å². The van der Waals surface area contributed by atoms with Crippen LogP contribution in [0.25, 0.3) is 0 Å². The van der Waals surface area contributed by atoms with Gasteiger partial charge in [-0.05, 0) is 53.6 Å². The average Bonchev–Trinajstić information content (AvgIpc) is 2.72. The van der Waals surface area contributed by atoms with E-state index >= 15 is 0 Å². The summed E-state index contributed by atoms with van der Waals surface area (Å²) in [6.07, 6.45) is 0. The average molecular weight is 418 g/mol. The Bertz CT molecular complexity index is 930. The van der Waals surface area contributed by atoms with Crippen molar-refractivity contribution in [2.24, 2.45) is 0 Å². The van der Waals surface area contributed by atoms with E-state index in [0.29, 0.717) is 40.4 Å². The second-order valence-electron chi connectivity index (χ2n) is 6.10. The van der Waals surface area contributed by atoms with Crippen LogP contribution in [-0.2, 0) is 13.2 Å². The highest BCUT2D eigenvalue weighted by Gasteiger charge is 2.07. The highest BCUT2D eigenvalue weighted by atomic mass is 35.5. The first kappa shape index (κ1) is 20.2. The van der Waals surface area contributed by atoms with Gasteiger partial charge >= 0.3 is 0 Å². The summed E-state index contributed by atoms with van der Waals surface area (Å²) in [7, 11) is 3.22. The summed E-state index contributed by atoms with van der Waals surface area (Å²) < 4.78 is 16.5. The highest BCUT2D eigenvalue weighted by Crippen LogP contribution is 2.30. The van der Waals surface area contributed by atoms with Gasteiger partial charge in [-0.25, -0.2) is 0 Å². The molecule has 0 heterocycles. The Morgan fingerprint density at radius 1 is 0.750 bits per heavy atom. The van der Waals surface area contributed by atoms with Crippen LogP contribution >= 0.6 is 23.2 Å². The number of rotatable bonds is 8. The van der Waals surface area contributed by atoms with E-state index in [2.05, 4.69) is 5.32 Å². The van der Waals surface area contributed by atoms with Crippen LogP contribution in [0.4, 0.5) is 5.69 Å². The van der Waals surface area contributed by atoms with E-state index in [1.165, 1.54) is 0 Å². The Hall–Kier alpha value is -2.56. The number of methoxy groups -OCH3 is 2. The Kier molecular flexibility index (Phi) is 6.90. The van der Waals surface area contributed by atoms with Crippen molar-refractivity contribution in [1.82, 2.24) is 0 Å². The van der Waals surface area contributed by atoms with Gasteiger partial charge in [0.05, 0.1) is 19.2 Å². The van der Waals surface area contributed by atoms with Crippen LogP contribution in [0.2, 0.25) is 10.0 Å². The zero-order valence-electron chi connectivity index (χ0n) is 15.7. The van der Waals surface area contributed by atoms with Crippen LogP contribution in [0.1, 0.15) is 11.1 Å². The summed E-state index contributed by atoms with van der Waals surface area (Å²) in [6.45, 7) is 1.06. The van der Waals surface area contributed by atoms with Gasteiger partial charge < -0.3 is 19.5 Å². The molecule has 0 aromatic heterocycles. The minimum Gasteiger partial charge on any atom is -0.495 e. The molecule has 0 spiro atoms. The van der Waals surface area contributed by atoms with Crippen molar-refractivity contribution in [2.75, 3.05) is 19.5 Å². The normalized spacial score (nSPS) is 10.4. The molecule has 0 aliphatic rings. The number of halogens is 2. The summed E-state index contributed by atoms with van der Waals surface area (Å²) in [4.78, 5) is 0. The van der Waals surface area contributed by atoms with Gasteiger partial charge in [0.25, 0.3) is 0 Å². The predicted molar refractivity (Wildman–Crippen MR) is 114 cm³/mol. The van der Waals surface area contributed by atoms with Crippen LogP contribution in [0.5, 0.6) is 17.2 Å². The van der Waals surface area contributed by atoms with Gasteiger partial charge in [-0.3, -0.25) is 0 Å². The van der Waals surface area contributed by atoms with E-state index in [1.807, 2.05) is 60.7 Å². The maximum Gasteiger partial charge on any atom is 0.161 e. The molecular formula is C22H21Cl2NO3. The molecule has 0 radical (unpaired) electrons. The van der Waals surface area contributed by atoms with Crippen LogP contribution in [0.15, 0.2) is 60.7 Å². The number of anilines is 1. The van der Waals surface area contributed by atoms with Crippen LogP contribution in [0.3, 0.4) is 0 Å². The van der Waals surface area contributed by atoms with Gasteiger partial charge in [0, 0.05) is 17.3 Å². The van der Waals surface area contributed by atoms with Crippen molar-refractivity contribution < 1.29 is 14.2 Å². The Balaban J connectivity index is 1.63. The fraction of sp³-hybridized carbons (Fsp3) is 0.182. The third kappa shape index (κ3) is 5.24. The fourth-order valence-corrected chi connectivity index (χ4v) is 3.05. The standard InChI is InChI=1S/C22H21Cl2NO3/c1-26-20-10-8-18(12-19(20)24)25-13-16-5-9-21(22(11-16)27-2)28-14-15-3-6-17(23)7-4-15/h3-12,25H,13-14H2,1-2H3. The molecule has 0 bridgehead atoms. The third-order valence-corrected chi connectivity index (χ3v) is 4.73. The van der Waals surface area contributed by atoms with Crippen LogP contribution < -0.4 is 19.5 Å². The lowest BCUT2D eigenvalue weighted by Crippen LogP contribution is -2.02. The summed E-state index contributed by atoms with van der Waals surface area (Å²) in [5, 5.41) is 4.61. The molecule has 3 aromatic carbocycles. The van der Waals surface area contributed by atoms with Crippen molar-refractivity contribution in [1.29, 1.82) is 0 Å². The zero-order chi connectivity index (χ0) is 19.9. The molecule has 0 unspecified atom stereocenters. The quantitative estimate of drug-likeness (QED) is 0.473. The summed E-state index contributed by atoms with van der Waals surface area (Å²) in [5.41, 5.74) is 3.00. The molecule has 0 saturated carbocycles. The minimum absolute atomic E-state index is 0.440. The second kappa shape index (κ2) is 9.58. The van der Waals surface area contributed by atoms with E-state index in [4.69, 9.17) is 37.4 Å². The molecule has 146 valence electrons. The SMILES string of the molecule is COc1ccc(NCc2ccc(OCc3ccc(Cl)cc3)c(OC)c2)cc1Cl. The van der Waals surface area contributed by atoms with Gasteiger partial charge in [-0.15, -0.1) is 0 Å². The molecule has 0 aliphatic heterocycles. The van der Waals surface area contributed by atoms with E-state index in [1.54, 1.807) is 14.2 Å². The smallest absolute Gasteiger partial charge is 0.161 e. The third-order valence-electron chi connectivity index (χ3n) is 4.18. The topological polar surface area (TPSA) is 39.7 Å². The lowest BCUT2D eigenvalue weighted by Gasteiger charge is -2.13. The molecule has 1 N–H and O–H groups in total. The molecule has 0 amide bonds. The first-order chi connectivity index (χ1) is 13.6. The predicted octanol–water partition coefficient (Wildman–Crippen LogP) is 6.20. The summed E-state index contributed by atoms with van der Waals surface area (Å²) in [6, 6.07) is 19.0. The van der Waals surface area contributed by atoms with E-state index in [9.17, 15) is 0 Å². The van der Waals surface area contributed by atoms with Crippen molar-refractivity contribution in [3.05, 3.63) is 81.8 Å². The van der Waals surface area contributed by atoms with Crippen molar-refractivity contribution in [3.63, 3.8) is 0 Å². The van der Waals surface area contributed by atoms with Gasteiger partial charge in [0.2, 0.25) is 0 Å². The van der Waals surface area contributed by atoms with Crippen LogP contribution in [-0.4, -0.2) is 14.2 Å². The number of hydrogen-bond acceptors (Lipinski definition) is 4. The fourth-order valence-electron chi connectivity index (χ4n) is 2.66. The van der Waals surface area contributed by atoms with Crippen molar-refractivity contribution in [2.45, 2.75) is 13.2 Å². The zero-order valence-corrected chi connectivity index (χ0v) is 17.2. The molecule has 0 fully saturated rings. The maximum absolute atomic E-state index is 6.16. The highest BCUT2D eigenvalue weighted by molar-refractivity contribution is 6.32. The first-order valence-electron chi connectivity index (χ1n) is 8.70. The van der Waals surface area contributed by atoms with Crippen molar-refractivity contribution in [3.8, 4) is 17.2 Å². The monoisotopic (exact) mass is 417 g/mol. The maximum atomic E-state index is 6.16. The second-order valence-corrected chi connectivity index (χ2v) is 6.95. The lowest BCUT2D eigenvalue weighted by atomic mass is 10.2. The molecule has 3 aromatic rings. The van der Waals surface area contributed by atoms with E-state index in [0.717, 1.165) is 16.8 Å². The first-order valence-corrected chi connectivity index (χ1v) is 9.46. The molecule has 4 nitrogen and oxygen atoms in total. The van der Waals surface area contributed by atoms with E-state index < -0.39 is 0 Å². The van der Waals surface area contributed by atoms with Gasteiger partial charge in [0.15, 0.2) is 11.5 Å². The van der Waals surface area contributed by atoms with Gasteiger partial charge in [-0.1, -0.05) is 41.4 Å². The van der Waals surface area contributed by atoms with Crippen molar-refractivity contribution >= 4 is 28.9 Å². The summed E-state index contributed by atoms with van der Waals surface area (Å²) >= 11 is 12.1. The molecule has 28 heavy (non-hydrogen) atoms. The number of ether oxygens (including phenoxy) is 3. The number of nitrogens with one attached hydrogen (secondary N) is 1. The minimum atomic E-state index is 0.440. The largest absolute Gasteiger partial charge is 0.495 e. The Morgan fingerprint density at radius 3 is 2.11 bits per heavy atom. The van der Waals surface area contributed by atoms with Gasteiger partial charge in [0.1, 0.15) is 12.4 Å². The molecular weight excluding hydrogens is 397 g/mol. The molecule has 3 rings (SSSR count). The Labute approximate surface area is 175 Å². The molecule has 6 heteroatoms. The Morgan fingerprint density at radius 2 is 1.43 bits per heavy atom. The van der Waals surface area contributed by atoms with E-state index in [-0.39, 0.29) is 0 Å². The molecule has 0 aliphatic carbocycles. The molecule has 0 atom stereocenters. The van der Waals surface area contributed by atoms with Crippen LogP contribution in [0, 0.1) is 0 Å². The number of benzene rings is 3. The summed E-state index contributed by atoms with van der Waals surface area (Å²) in [5.74, 6) is 2.02. The molecule has 0 saturated heterocycles. The number of hydrogen-bond donors (Lipinski definition) is 1.